The number of nitrogens with zero attached hydrogens (tertiary/aromatic N) is 1. The number of aryl methyl sites for hydroxylation is 1. The minimum absolute atomic E-state index is 0.00223. The van der Waals surface area contributed by atoms with E-state index in [-0.39, 0.29) is 11.7 Å². The Kier molecular flexibility index (Phi) is 4.03. The van der Waals surface area contributed by atoms with E-state index >= 15 is 0 Å². The van der Waals surface area contributed by atoms with E-state index < -0.39 is 0 Å². The highest BCUT2D eigenvalue weighted by atomic mass is 19.1. The fraction of sp³-hybridized carbons (Fsp3) is 0.438. The first-order chi connectivity index (χ1) is 9.10. The van der Waals surface area contributed by atoms with Crippen LogP contribution in [0.5, 0.6) is 0 Å². The maximum absolute atomic E-state index is 13.5. The van der Waals surface area contributed by atoms with E-state index in [9.17, 15) is 9.18 Å². The largest absolute Gasteiger partial charge is 0.284 e. The highest BCUT2D eigenvalue weighted by Gasteiger charge is 2.18. The van der Waals surface area contributed by atoms with Crippen molar-refractivity contribution < 1.29 is 9.18 Å². The number of rotatable bonds is 4. The zero-order chi connectivity index (χ0) is 14.0. The van der Waals surface area contributed by atoms with Crippen LogP contribution < -0.4 is 0 Å². The molecule has 2 aromatic rings. The molecule has 0 bridgehead atoms. The normalized spacial score (nSPS) is 11.2. The van der Waals surface area contributed by atoms with Gasteiger partial charge in [0.1, 0.15) is 5.82 Å². The third kappa shape index (κ3) is 2.42. The first-order valence-electron chi connectivity index (χ1n) is 6.92. The number of carbonyl (C=O) groups excluding carboxylic acids is 1. The Labute approximate surface area is 113 Å². The fourth-order valence-electron chi connectivity index (χ4n) is 2.77. The van der Waals surface area contributed by atoms with Gasteiger partial charge < -0.3 is 0 Å². The van der Waals surface area contributed by atoms with E-state index in [4.69, 9.17) is 0 Å². The van der Waals surface area contributed by atoms with Crippen LogP contribution >= 0.6 is 0 Å². The predicted octanol–water partition coefficient (Wildman–Crippen LogP) is 4.35. The molecule has 0 aliphatic carbocycles. The molecule has 2 rings (SSSR count). The SMILES string of the molecule is CCCc1c(CCC)n(C(C)=O)c2ccc(F)cc12. The van der Waals surface area contributed by atoms with E-state index in [0.29, 0.717) is 0 Å². The Hall–Kier alpha value is -1.64. The number of fused-ring (bicyclic) bond motifs is 1. The average molecular weight is 261 g/mol. The monoisotopic (exact) mass is 261 g/mol. The van der Waals surface area contributed by atoms with Gasteiger partial charge in [0.2, 0.25) is 5.91 Å². The maximum Gasteiger partial charge on any atom is 0.228 e. The van der Waals surface area contributed by atoms with E-state index in [0.717, 1.165) is 47.8 Å². The maximum atomic E-state index is 13.5. The Bertz CT molecular complexity index is 613. The van der Waals surface area contributed by atoms with Crippen molar-refractivity contribution in [3.63, 3.8) is 0 Å². The van der Waals surface area contributed by atoms with Gasteiger partial charge in [-0.1, -0.05) is 26.7 Å². The van der Waals surface area contributed by atoms with Gasteiger partial charge in [0, 0.05) is 18.0 Å². The molecule has 0 saturated heterocycles. The molecule has 2 nitrogen and oxygen atoms in total. The lowest BCUT2D eigenvalue weighted by Crippen LogP contribution is -2.10. The Morgan fingerprint density at radius 2 is 1.89 bits per heavy atom. The zero-order valence-corrected chi connectivity index (χ0v) is 11.8. The number of aromatic nitrogens is 1. The van der Waals surface area contributed by atoms with Crippen LogP contribution in [0.4, 0.5) is 4.39 Å². The Balaban J connectivity index is 2.80. The van der Waals surface area contributed by atoms with Crippen molar-refractivity contribution in [3.8, 4) is 0 Å². The summed E-state index contributed by atoms with van der Waals surface area (Å²) in [5.74, 6) is -0.240. The highest BCUT2D eigenvalue weighted by Crippen LogP contribution is 2.29. The van der Waals surface area contributed by atoms with Gasteiger partial charge in [0.25, 0.3) is 0 Å². The van der Waals surface area contributed by atoms with Crippen molar-refractivity contribution in [2.75, 3.05) is 0 Å². The van der Waals surface area contributed by atoms with Crippen molar-refractivity contribution >= 4 is 16.8 Å². The number of hydrogen-bond acceptors (Lipinski definition) is 1. The molecule has 0 amide bonds. The van der Waals surface area contributed by atoms with Gasteiger partial charge in [-0.05, 0) is 36.6 Å². The molecule has 0 unspecified atom stereocenters. The molecule has 19 heavy (non-hydrogen) atoms. The number of carbonyl (C=O) groups is 1. The summed E-state index contributed by atoms with van der Waals surface area (Å²) in [6.07, 6.45) is 3.70. The van der Waals surface area contributed by atoms with E-state index in [1.54, 1.807) is 23.6 Å². The summed E-state index contributed by atoms with van der Waals surface area (Å²) in [4.78, 5) is 11.9. The second-order valence-electron chi connectivity index (χ2n) is 4.94. The van der Waals surface area contributed by atoms with Gasteiger partial charge in [-0.2, -0.15) is 0 Å². The van der Waals surface area contributed by atoms with Crippen LogP contribution in [-0.2, 0) is 12.8 Å². The summed E-state index contributed by atoms with van der Waals surface area (Å²) in [7, 11) is 0. The highest BCUT2D eigenvalue weighted by molar-refractivity contribution is 5.95. The quantitative estimate of drug-likeness (QED) is 0.802. The number of halogens is 1. The second kappa shape index (κ2) is 5.55. The molecule has 1 aromatic carbocycles. The van der Waals surface area contributed by atoms with Crippen LogP contribution in [0.2, 0.25) is 0 Å². The van der Waals surface area contributed by atoms with Gasteiger partial charge in [0.15, 0.2) is 0 Å². The van der Waals surface area contributed by atoms with E-state index in [2.05, 4.69) is 13.8 Å². The zero-order valence-electron chi connectivity index (χ0n) is 11.8. The summed E-state index contributed by atoms with van der Waals surface area (Å²) >= 11 is 0. The molecule has 1 heterocycles. The molecule has 0 saturated carbocycles. The Morgan fingerprint density at radius 3 is 2.47 bits per heavy atom. The summed E-state index contributed by atoms with van der Waals surface area (Å²) in [6.45, 7) is 5.77. The number of benzene rings is 1. The molecule has 0 atom stereocenters. The third-order valence-corrected chi connectivity index (χ3v) is 3.44. The van der Waals surface area contributed by atoms with Crippen LogP contribution in [0.15, 0.2) is 18.2 Å². The first kappa shape index (κ1) is 13.8. The molecule has 0 spiro atoms. The molecule has 0 radical (unpaired) electrons. The van der Waals surface area contributed by atoms with Crippen LogP contribution in [0.1, 0.15) is 49.7 Å². The van der Waals surface area contributed by atoms with Crippen molar-refractivity contribution in [2.24, 2.45) is 0 Å². The lowest BCUT2D eigenvalue weighted by molar-refractivity contribution is 0.0938. The van der Waals surface area contributed by atoms with Gasteiger partial charge in [-0.3, -0.25) is 9.36 Å². The topological polar surface area (TPSA) is 22.0 Å². The first-order valence-corrected chi connectivity index (χ1v) is 6.92. The molecule has 102 valence electrons. The van der Waals surface area contributed by atoms with Crippen molar-refractivity contribution in [3.05, 3.63) is 35.3 Å². The molecule has 0 aliphatic heterocycles. The van der Waals surface area contributed by atoms with Crippen LogP contribution in [-0.4, -0.2) is 10.5 Å². The minimum Gasteiger partial charge on any atom is -0.284 e. The molecular weight excluding hydrogens is 241 g/mol. The smallest absolute Gasteiger partial charge is 0.228 e. The van der Waals surface area contributed by atoms with Gasteiger partial charge in [-0.25, -0.2) is 4.39 Å². The van der Waals surface area contributed by atoms with Crippen LogP contribution in [0.3, 0.4) is 0 Å². The molecule has 3 heteroatoms. The fourth-order valence-corrected chi connectivity index (χ4v) is 2.77. The third-order valence-electron chi connectivity index (χ3n) is 3.44. The summed E-state index contributed by atoms with van der Waals surface area (Å²) in [5.41, 5.74) is 3.02. The van der Waals surface area contributed by atoms with E-state index in [1.165, 1.54) is 6.07 Å². The summed E-state index contributed by atoms with van der Waals surface area (Å²) in [6, 6.07) is 4.69. The second-order valence-corrected chi connectivity index (χ2v) is 4.94. The lowest BCUT2D eigenvalue weighted by atomic mass is 10.0. The van der Waals surface area contributed by atoms with Gasteiger partial charge in [-0.15, -0.1) is 0 Å². The molecule has 1 aromatic heterocycles. The lowest BCUT2D eigenvalue weighted by Gasteiger charge is -2.07. The van der Waals surface area contributed by atoms with Crippen molar-refractivity contribution in [2.45, 2.75) is 46.5 Å². The minimum atomic E-state index is -0.242. The standard InChI is InChI=1S/C16H20FNO/c1-4-6-13-14-10-12(17)8-9-16(14)18(11(3)19)15(13)7-5-2/h8-10H,4-7H2,1-3H3. The predicted molar refractivity (Wildman–Crippen MR) is 76.2 cm³/mol. The van der Waals surface area contributed by atoms with Gasteiger partial charge >= 0.3 is 0 Å². The molecular formula is C16H20FNO. The average Bonchev–Trinajstić information content (AvgIpc) is 2.65. The van der Waals surface area contributed by atoms with Gasteiger partial charge in [0.05, 0.1) is 5.52 Å². The molecule has 0 fully saturated rings. The van der Waals surface area contributed by atoms with Crippen molar-refractivity contribution in [1.29, 1.82) is 0 Å². The molecule has 0 N–H and O–H groups in total. The summed E-state index contributed by atoms with van der Waals surface area (Å²) < 4.78 is 15.2. The van der Waals surface area contributed by atoms with Crippen LogP contribution in [0, 0.1) is 5.82 Å². The van der Waals surface area contributed by atoms with Crippen molar-refractivity contribution in [1.82, 2.24) is 4.57 Å². The van der Waals surface area contributed by atoms with Crippen LogP contribution in [0.25, 0.3) is 10.9 Å². The van der Waals surface area contributed by atoms with E-state index in [1.807, 2.05) is 0 Å². The Morgan fingerprint density at radius 1 is 1.21 bits per heavy atom. The summed E-state index contributed by atoms with van der Waals surface area (Å²) in [5, 5.41) is 0.889. The number of hydrogen-bond donors (Lipinski definition) is 0. The molecule has 0 aliphatic rings.